The molecule has 0 fully saturated rings. The van der Waals surface area contributed by atoms with Crippen LogP contribution in [-0.4, -0.2) is 45.5 Å². The van der Waals surface area contributed by atoms with Gasteiger partial charge in [-0.15, -0.1) is 0 Å². The lowest BCUT2D eigenvalue weighted by molar-refractivity contribution is -0.497. The van der Waals surface area contributed by atoms with Gasteiger partial charge < -0.3 is 0 Å². The van der Waals surface area contributed by atoms with Crippen LogP contribution < -0.4 is 5.32 Å². The topological polar surface area (TPSA) is 94.0 Å². The van der Waals surface area contributed by atoms with Gasteiger partial charge in [-0.2, -0.15) is 0 Å². The zero-order valence-electron chi connectivity index (χ0n) is 15.7. The summed E-state index contributed by atoms with van der Waals surface area (Å²) in [4.78, 5) is 31.9. The number of amides is 3. The molecule has 0 radical (unpaired) electrons. The minimum absolute atomic E-state index is 0.0967. The van der Waals surface area contributed by atoms with E-state index >= 15 is 0 Å². The highest BCUT2D eigenvalue weighted by molar-refractivity contribution is 6.68. The van der Waals surface area contributed by atoms with Crippen LogP contribution in [0.5, 0.6) is 0 Å². The average molecular weight is 456 g/mol. The molecule has 2 aromatic rings. The molecule has 7 nitrogen and oxygen atoms in total. The lowest BCUT2D eigenvalue weighted by Gasteiger charge is -2.26. The van der Waals surface area contributed by atoms with Crippen molar-refractivity contribution in [1.82, 2.24) is 14.8 Å². The van der Waals surface area contributed by atoms with Crippen LogP contribution in [0.25, 0.3) is 0 Å². The molecular weight excluding hydrogens is 437 g/mol. The molecule has 29 heavy (non-hydrogen) atoms. The Hall–Kier alpha value is -2.45. The molecule has 0 saturated heterocycles. The Morgan fingerprint density at radius 3 is 2.59 bits per heavy atom. The fourth-order valence-corrected chi connectivity index (χ4v) is 2.99. The van der Waals surface area contributed by atoms with E-state index in [0.29, 0.717) is 5.02 Å². The number of carbonyl (C=O) groups excluding carboxylic acids is 2. The van der Waals surface area contributed by atoms with Gasteiger partial charge in [0.05, 0.1) is 16.8 Å². The van der Waals surface area contributed by atoms with Gasteiger partial charge in [0, 0.05) is 30.9 Å². The lowest BCUT2D eigenvalue weighted by Crippen LogP contribution is -2.72. The highest BCUT2D eigenvalue weighted by atomic mass is 35.5. The maximum absolute atomic E-state index is 13.0. The van der Waals surface area contributed by atoms with Gasteiger partial charge in [-0.3, -0.25) is 30.3 Å². The van der Waals surface area contributed by atoms with E-state index in [1.54, 1.807) is 36.8 Å². The maximum Gasteiger partial charge on any atom is 0.331 e. The molecule has 152 valence electrons. The Morgan fingerprint density at radius 2 is 2.00 bits per heavy atom. The van der Waals surface area contributed by atoms with Gasteiger partial charge in [0.25, 0.3) is 5.91 Å². The number of nitrogens with zero attached hydrogens (tertiary/aromatic N) is 3. The SMILES string of the molecule is CCN(C(=O)N(C)C(=O)c1cc(Cl)ccc1Cl)C(=C[NH2+]c1cccnc1)C(=N)Cl. The van der Waals surface area contributed by atoms with E-state index in [-0.39, 0.29) is 28.0 Å². The first-order valence-electron chi connectivity index (χ1n) is 8.50. The van der Waals surface area contributed by atoms with E-state index in [4.69, 9.17) is 40.2 Å². The molecule has 1 aromatic carbocycles. The first-order chi connectivity index (χ1) is 13.8. The van der Waals surface area contributed by atoms with Crippen molar-refractivity contribution in [3.8, 4) is 0 Å². The van der Waals surface area contributed by atoms with Gasteiger partial charge in [0.2, 0.25) is 0 Å². The number of urea groups is 1. The number of halogens is 3. The predicted molar refractivity (Wildman–Crippen MR) is 114 cm³/mol. The fraction of sp³-hybridized carbons (Fsp3) is 0.158. The van der Waals surface area contributed by atoms with Crippen molar-refractivity contribution in [1.29, 1.82) is 5.41 Å². The second-order valence-electron chi connectivity index (χ2n) is 5.83. The fourth-order valence-electron chi connectivity index (χ4n) is 2.45. The number of quaternary nitrogens is 1. The minimum atomic E-state index is -0.662. The molecule has 0 bridgehead atoms. The molecular formula is C19H19Cl3N5O2+. The van der Waals surface area contributed by atoms with E-state index < -0.39 is 11.9 Å². The molecule has 0 saturated carbocycles. The molecule has 0 spiro atoms. The Labute approximate surface area is 183 Å². The molecule has 1 heterocycles. The molecule has 0 atom stereocenters. The van der Waals surface area contributed by atoms with E-state index in [9.17, 15) is 9.59 Å². The van der Waals surface area contributed by atoms with E-state index in [1.165, 1.54) is 30.3 Å². The van der Waals surface area contributed by atoms with Crippen molar-refractivity contribution in [3.05, 3.63) is 70.2 Å². The molecule has 0 unspecified atom stereocenters. The quantitative estimate of drug-likeness (QED) is 0.648. The molecule has 0 aliphatic heterocycles. The number of pyridine rings is 1. The third-order valence-corrected chi connectivity index (χ3v) is 4.69. The average Bonchev–Trinajstić information content (AvgIpc) is 2.71. The number of benzene rings is 1. The van der Waals surface area contributed by atoms with Gasteiger partial charge in [-0.25, -0.2) is 4.79 Å². The van der Waals surface area contributed by atoms with Crippen molar-refractivity contribution in [3.63, 3.8) is 0 Å². The number of imide groups is 1. The lowest BCUT2D eigenvalue weighted by atomic mass is 10.2. The van der Waals surface area contributed by atoms with Crippen LogP contribution in [0, 0.1) is 5.41 Å². The monoisotopic (exact) mass is 454 g/mol. The first-order valence-corrected chi connectivity index (χ1v) is 9.63. The number of rotatable bonds is 6. The summed E-state index contributed by atoms with van der Waals surface area (Å²) < 4.78 is 0. The Balaban J connectivity index is 2.29. The Bertz CT molecular complexity index is 950. The normalized spacial score (nSPS) is 11.1. The predicted octanol–water partition coefficient (Wildman–Crippen LogP) is 3.85. The molecule has 1 aromatic heterocycles. The van der Waals surface area contributed by atoms with Crippen LogP contribution in [0.3, 0.4) is 0 Å². The van der Waals surface area contributed by atoms with E-state index in [0.717, 1.165) is 10.6 Å². The number of allylic oxidation sites excluding steroid dienone is 1. The van der Waals surface area contributed by atoms with Crippen LogP contribution in [-0.2, 0) is 0 Å². The van der Waals surface area contributed by atoms with Crippen molar-refractivity contribution in [2.45, 2.75) is 6.92 Å². The Morgan fingerprint density at radius 1 is 1.28 bits per heavy atom. The summed E-state index contributed by atoms with van der Waals surface area (Å²) >= 11 is 17.9. The van der Waals surface area contributed by atoms with Crippen molar-refractivity contribution < 1.29 is 14.9 Å². The maximum atomic E-state index is 13.0. The Kier molecular flexibility index (Phi) is 8.16. The smallest absolute Gasteiger partial charge is 0.287 e. The second-order valence-corrected chi connectivity index (χ2v) is 7.06. The number of aromatic nitrogens is 1. The molecule has 10 heteroatoms. The number of carbonyl (C=O) groups is 2. The molecule has 0 aliphatic carbocycles. The van der Waals surface area contributed by atoms with E-state index in [1.807, 2.05) is 6.07 Å². The van der Waals surface area contributed by atoms with Crippen molar-refractivity contribution in [2.24, 2.45) is 0 Å². The van der Waals surface area contributed by atoms with Crippen LogP contribution in [0.2, 0.25) is 10.0 Å². The highest BCUT2D eigenvalue weighted by Gasteiger charge is 2.28. The third-order valence-electron chi connectivity index (χ3n) is 3.93. The summed E-state index contributed by atoms with van der Waals surface area (Å²) in [6.07, 6.45) is 4.79. The van der Waals surface area contributed by atoms with Gasteiger partial charge in [0.1, 0.15) is 17.1 Å². The molecule has 0 aliphatic rings. The summed E-state index contributed by atoms with van der Waals surface area (Å²) in [5, 5.41) is 9.66. The number of nitrogens with two attached hydrogens (primary N) is 1. The third kappa shape index (κ3) is 5.77. The van der Waals surface area contributed by atoms with Crippen LogP contribution >= 0.6 is 34.8 Å². The standard InChI is InChI=1S/C19H18Cl3N5O2/c1-3-27(16(17(22)23)11-25-13-5-4-8-24-10-13)19(29)26(2)18(28)14-9-12(20)6-7-15(14)21/h4-11,23,25H,3H2,1-2H3/p+1. The summed E-state index contributed by atoms with van der Waals surface area (Å²) in [6.45, 7) is 1.89. The number of nitrogens with one attached hydrogen (secondary N) is 1. The zero-order valence-corrected chi connectivity index (χ0v) is 18.0. The van der Waals surface area contributed by atoms with Gasteiger partial charge in [-0.05, 0) is 31.2 Å². The molecule has 3 N–H and O–H groups in total. The summed E-state index contributed by atoms with van der Waals surface area (Å²) in [7, 11) is 1.32. The van der Waals surface area contributed by atoms with Crippen LogP contribution in [0.4, 0.5) is 10.5 Å². The van der Waals surface area contributed by atoms with Crippen molar-refractivity contribution >= 4 is 57.6 Å². The molecule has 3 amide bonds. The van der Waals surface area contributed by atoms with Gasteiger partial charge in [0.15, 0.2) is 5.69 Å². The number of hydrogen-bond donors (Lipinski definition) is 2. The van der Waals surface area contributed by atoms with Crippen LogP contribution in [0.15, 0.2) is 54.6 Å². The zero-order chi connectivity index (χ0) is 21.6. The van der Waals surface area contributed by atoms with E-state index in [2.05, 4.69) is 4.98 Å². The molecule has 2 rings (SSSR count). The summed E-state index contributed by atoms with van der Waals surface area (Å²) in [6, 6.07) is 7.33. The second kappa shape index (κ2) is 10.4. The van der Waals surface area contributed by atoms with Crippen molar-refractivity contribution in [2.75, 3.05) is 13.6 Å². The minimum Gasteiger partial charge on any atom is -0.287 e. The van der Waals surface area contributed by atoms with Gasteiger partial charge >= 0.3 is 6.03 Å². The summed E-state index contributed by atoms with van der Waals surface area (Å²) in [5.41, 5.74) is 1.00. The van der Waals surface area contributed by atoms with Crippen LogP contribution in [0.1, 0.15) is 17.3 Å². The first kappa shape index (κ1) is 22.8. The number of hydrogen-bond acceptors (Lipinski definition) is 4. The highest BCUT2D eigenvalue weighted by Crippen LogP contribution is 2.22. The van der Waals surface area contributed by atoms with Gasteiger partial charge in [-0.1, -0.05) is 34.8 Å². The summed E-state index contributed by atoms with van der Waals surface area (Å²) in [5.74, 6) is -0.627. The largest absolute Gasteiger partial charge is 0.331 e.